The van der Waals surface area contributed by atoms with Crippen molar-refractivity contribution in [2.45, 2.75) is 33.6 Å². The molecule has 0 heterocycles. The Balaban J connectivity index is 2.36. The number of halogens is 4. The van der Waals surface area contributed by atoms with Crippen LogP contribution < -0.4 is 15.0 Å². The van der Waals surface area contributed by atoms with Crippen LogP contribution in [0.25, 0.3) is 0 Å². The fourth-order valence-corrected chi connectivity index (χ4v) is 2.37. The summed E-state index contributed by atoms with van der Waals surface area (Å²) in [5.74, 6) is 0.943. The molecule has 4 nitrogen and oxygen atoms in total. The molecule has 146 valence electrons. The number of hydroxylamine groups is 1. The van der Waals surface area contributed by atoms with Gasteiger partial charge in [0.1, 0.15) is 16.8 Å². The van der Waals surface area contributed by atoms with Gasteiger partial charge >= 0.3 is 0 Å². The molecule has 0 bridgehead atoms. The number of allylic oxidation sites excluding steroid dienone is 2. The van der Waals surface area contributed by atoms with E-state index in [-0.39, 0.29) is 11.1 Å². The molecule has 0 fully saturated rings. The Morgan fingerprint density at radius 1 is 1.00 bits per heavy atom. The molecule has 0 atom stereocenters. The van der Waals surface area contributed by atoms with Crippen molar-refractivity contribution in [1.82, 2.24) is 5.48 Å². The molecular weight excluding hydrogens is 420 g/mol. The van der Waals surface area contributed by atoms with Crippen molar-refractivity contribution in [1.29, 1.82) is 0 Å². The van der Waals surface area contributed by atoms with Gasteiger partial charge in [-0.2, -0.15) is 0 Å². The molecule has 26 heavy (non-hydrogen) atoms. The molecule has 8 heteroatoms. The van der Waals surface area contributed by atoms with Crippen LogP contribution in [0.2, 0.25) is 10.0 Å². The van der Waals surface area contributed by atoms with Crippen LogP contribution in [0, 0.1) is 0 Å². The number of benzene rings is 1. The first kappa shape index (κ1) is 23.3. The van der Waals surface area contributed by atoms with E-state index in [4.69, 9.17) is 60.7 Å². The standard InChI is InChI=1S/C18H23Cl4NO3/c1-12(2)13(3)23-26-8-5-4-7-25-18-15(19)10-14(11-16(18)20)24-9-6-17(21)22/h6,10-11,23H,4-5,7-9H2,1-3H3. The Kier molecular flexibility index (Phi) is 11.3. The van der Waals surface area contributed by atoms with Gasteiger partial charge in [0.2, 0.25) is 0 Å². The van der Waals surface area contributed by atoms with Gasteiger partial charge in [0.25, 0.3) is 0 Å². The van der Waals surface area contributed by atoms with Crippen molar-refractivity contribution < 1.29 is 14.3 Å². The summed E-state index contributed by atoms with van der Waals surface area (Å²) in [6, 6.07) is 3.27. The predicted molar refractivity (Wildman–Crippen MR) is 110 cm³/mol. The number of ether oxygens (including phenoxy) is 2. The fourth-order valence-electron chi connectivity index (χ4n) is 1.67. The molecule has 0 unspecified atom stereocenters. The molecule has 1 rings (SSSR count). The third-order valence-electron chi connectivity index (χ3n) is 3.32. The number of rotatable bonds is 11. The van der Waals surface area contributed by atoms with E-state index >= 15 is 0 Å². The van der Waals surface area contributed by atoms with Gasteiger partial charge in [-0.25, -0.2) is 0 Å². The van der Waals surface area contributed by atoms with E-state index < -0.39 is 0 Å². The SMILES string of the molecule is CC(C)=C(C)NOCCCCOc1c(Cl)cc(OCC=C(Cl)Cl)cc1Cl. The van der Waals surface area contributed by atoms with E-state index in [1.807, 2.05) is 20.8 Å². The summed E-state index contributed by atoms with van der Waals surface area (Å²) in [5, 5.41) is 0.760. The third-order valence-corrected chi connectivity index (χ3v) is 4.19. The molecule has 0 aromatic heterocycles. The fraction of sp³-hybridized carbons (Fsp3) is 0.444. The lowest BCUT2D eigenvalue weighted by Crippen LogP contribution is -2.14. The highest BCUT2D eigenvalue weighted by Gasteiger charge is 2.10. The smallest absolute Gasteiger partial charge is 0.156 e. The van der Waals surface area contributed by atoms with Gasteiger partial charge in [-0.1, -0.05) is 52.0 Å². The second kappa shape index (κ2) is 12.6. The summed E-state index contributed by atoms with van der Waals surface area (Å²) in [7, 11) is 0. The number of nitrogens with one attached hydrogen (secondary N) is 1. The molecule has 0 amide bonds. The van der Waals surface area contributed by atoms with E-state index in [0.29, 0.717) is 34.8 Å². The average Bonchev–Trinajstić information content (AvgIpc) is 2.55. The minimum Gasteiger partial charge on any atom is -0.490 e. The van der Waals surface area contributed by atoms with Crippen LogP contribution in [0.15, 0.2) is 34.0 Å². The summed E-state index contributed by atoms with van der Waals surface area (Å²) in [6.07, 6.45) is 3.16. The highest BCUT2D eigenvalue weighted by Crippen LogP contribution is 2.37. The van der Waals surface area contributed by atoms with Crippen LogP contribution in [0.5, 0.6) is 11.5 Å². The molecule has 1 N–H and O–H groups in total. The first-order chi connectivity index (χ1) is 12.3. The molecule has 0 aliphatic carbocycles. The summed E-state index contributed by atoms with van der Waals surface area (Å²) in [4.78, 5) is 5.37. The molecule has 0 aliphatic heterocycles. The van der Waals surface area contributed by atoms with Gasteiger partial charge in [-0.15, -0.1) is 0 Å². The Labute approximate surface area is 174 Å². The van der Waals surface area contributed by atoms with Crippen LogP contribution >= 0.6 is 46.4 Å². The number of unbranched alkanes of at least 4 members (excludes halogenated alkanes) is 1. The summed E-state index contributed by atoms with van der Waals surface area (Å²) in [5.41, 5.74) is 5.11. The van der Waals surface area contributed by atoms with Gasteiger partial charge in [0.15, 0.2) is 5.75 Å². The van der Waals surface area contributed by atoms with Gasteiger partial charge in [0.05, 0.1) is 23.3 Å². The minimum atomic E-state index is 0.136. The first-order valence-corrected chi connectivity index (χ1v) is 9.60. The third kappa shape index (κ3) is 9.24. The Morgan fingerprint density at radius 2 is 1.62 bits per heavy atom. The normalized spacial score (nSPS) is 10.3. The number of hydrogen-bond donors (Lipinski definition) is 1. The summed E-state index contributed by atoms with van der Waals surface area (Å²) in [6.45, 7) is 7.29. The Hall–Kier alpha value is -0.780. The van der Waals surface area contributed by atoms with E-state index in [9.17, 15) is 0 Å². The molecule has 1 aromatic carbocycles. The lowest BCUT2D eigenvalue weighted by molar-refractivity contribution is 0.0575. The van der Waals surface area contributed by atoms with Crippen LogP contribution in [0.3, 0.4) is 0 Å². The molecule has 0 saturated carbocycles. The van der Waals surface area contributed by atoms with E-state index in [2.05, 4.69) is 5.48 Å². The maximum absolute atomic E-state index is 6.21. The van der Waals surface area contributed by atoms with E-state index in [1.54, 1.807) is 12.1 Å². The molecule has 0 saturated heterocycles. The van der Waals surface area contributed by atoms with Crippen molar-refractivity contribution in [3.63, 3.8) is 0 Å². The lowest BCUT2D eigenvalue weighted by Gasteiger charge is -2.12. The van der Waals surface area contributed by atoms with E-state index in [1.165, 1.54) is 11.6 Å². The molecule has 0 aliphatic rings. The first-order valence-electron chi connectivity index (χ1n) is 8.09. The highest BCUT2D eigenvalue weighted by atomic mass is 35.5. The lowest BCUT2D eigenvalue weighted by atomic mass is 10.3. The van der Waals surface area contributed by atoms with Crippen LogP contribution in [-0.2, 0) is 4.84 Å². The molecule has 1 aromatic rings. The molecular formula is C18H23Cl4NO3. The van der Waals surface area contributed by atoms with Crippen molar-refractivity contribution in [3.05, 3.63) is 44.0 Å². The molecule has 0 radical (unpaired) electrons. The topological polar surface area (TPSA) is 39.7 Å². The zero-order valence-corrected chi connectivity index (χ0v) is 18.0. The zero-order valence-electron chi connectivity index (χ0n) is 15.0. The zero-order chi connectivity index (χ0) is 19.5. The van der Waals surface area contributed by atoms with Crippen molar-refractivity contribution in [2.75, 3.05) is 19.8 Å². The number of hydrogen-bond acceptors (Lipinski definition) is 4. The maximum atomic E-state index is 6.21. The van der Waals surface area contributed by atoms with Crippen molar-refractivity contribution in [3.8, 4) is 11.5 Å². The van der Waals surface area contributed by atoms with Gasteiger partial charge in [0, 0.05) is 17.8 Å². The summed E-state index contributed by atoms with van der Waals surface area (Å²) < 4.78 is 11.3. The van der Waals surface area contributed by atoms with Gasteiger partial charge in [-0.3, -0.25) is 10.3 Å². The van der Waals surface area contributed by atoms with E-state index in [0.717, 1.165) is 18.5 Å². The largest absolute Gasteiger partial charge is 0.490 e. The second-order valence-corrected chi connectivity index (χ2v) is 7.47. The van der Waals surface area contributed by atoms with Crippen LogP contribution in [0.4, 0.5) is 0 Å². The van der Waals surface area contributed by atoms with Crippen LogP contribution in [-0.4, -0.2) is 19.8 Å². The Morgan fingerprint density at radius 3 is 2.19 bits per heavy atom. The summed E-state index contributed by atoms with van der Waals surface area (Å²) >= 11 is 23.5. The van der Waals surface area contributed by atoms with Crippen LogP contribution in [0.1, 0.15) is 33.6 Å². The average molecular weight is 443 g/mol. The minimum absolute atomic E-state index is 0.136. The van der Waals surface area contributed by atoms with Crippen molar-refractivity contribution >= 4 is 46.4 Å². The quantitative estimate of drug-likeness (QED) is 0.306. The Bertz CT molecular complexity index is 616. The predicted octanol–water partition coefficient (Wildman–Crippen LogP) is 6.69. The van der Waals surface area contributed by atoms with Crippen molar-refractivity contribution in [2.24, 2.45) is 0 Å². The maximum Gasteiger partial charge on any atom is 0.156 e. The van der Waals surface area contributed by atoms with Gasteiger partial charge in [-0.05, 0) is 39.7 Å². The molecule has 0 spiro atoms. The monoisotopic (exact) mass is 441 g/mol. The second-order valence-electron chi connectivity index (χ2n) is 5.65. The van der Waals surface area contributed by atoms with Gasteiger partial charge < -0.3 is 9.47 Å². The highest BCUT2D eigenvalue weighted by molar-refractivity contribution is 6.55.